The SMILES string of the molecule is CCNc1cc(N2CCCCC2C(=O)NC)nc(N)n1. The van der Waals surface area contributed by atoms with Crippen molar-refractivity contribution in [2.75, 3.05) is 36.1 Å². The highest BCUT2D eigenvalue weighted by Crippen LogP contribution is 2.25. The van der Waals surface area contributed by atoms with Crippen LogP contribution >= 0.6 is 0 Å². The summed E-state index contributed by atoms with van der Waals surface area (Å²) in [6.07, 6.45) is 2.93. The van der Waals surface area contributed by atoms with Crippen molar-refractivity contribution in [3.8, 4) is 0 Å². The molecule has 1 unspecified atom stereocenters. The molecule has 0 saturated carbocycles. The lowest BCUT2D eigenvalue weighted by atomic mass is 10.0. The van der Waals surface area contributed by atoms with E-state index in [-0.39, 0.29) is 17.9 Å². The summed E-state index contributed by atoms with van der Waals surface area (Å²) in [4.78, 5) is 22.4. The fourth-order valence-corrected chi connectivity index (χ4v) is 2.52. The Hall–Kier alpha value is -2.05. The van der Waals surface area contributed by atoms with Crippen molar-refractivity contribution >= 4 is 23.5 Å². The summed E-state index contributed by atoms with van der Waals surface area (Å²) in [7, 11) is 1.66. The number of nitrogen functional groups attached to an aromatic ring is 1. The van der Waals surface area contributed by atoms with E-state index in [1.165, 1.54) is 0 Å². The van der Waals surface area contributed by atoms with Crippen LogP contribution in [0.25, 0.3) is 0 Å². The molecule has 4 N–H and O–H groups in total. The Kier molecular flexibility index (Phi) is 4.60. The molecule has 1 aliphatic heterocycles. The number of hydrogen-bond acceptors (Lipinski definition) is 6. The Balaban J connectivity index is 2.29. The van der Waals surface area contributed by atoms with Gasteiger partial charge in [0.1, 0.15) is 17.7 Å². The monoisotopic (exact) mass is 278 g/mol. The van der Waals surface area contributed by atoms with Gasteiger partial charge >= 0.3 is 0 Å². The number of carbonyl (C=O) groups is 1. The lowest BCUT2D eigenvalue weighted by Gasteiger charge is -2.35. The van der Waals surface area contributed by atoms with Crippen molar-refractivity contribution in [2.45, 2.75) is 32.2 Å². The van der Waals surface area contributed by atoms with E-state index in [0.717, 1.165) is 32.4 Å². The molecular formula is C13H22N6O. The molecule has 1 amide bonds. The highest BCUT2D eigenvalue weighted by molar-refractivity contribution is 5.85. The molecule has 0 spiro atoms. The molecule has 1 saturated heterocycles. The number of carbonyl (C=O) groups excluding carboxylic acids is 1. The van der Waals surface area contributed by atoms with Crippen LogP contribution in [0.2, 0.25) is 0 Å². The van der Waals surface area contributed by atoms with Crippen molar-refractivity contribution in [3.05, 3.63) is 6.07 Å². The number of anilines is 3. The molecule has 0 aromatic carbocycles. The molecule has 7 heteroatoms. The summed E-state index contributed by atoms with van der Waals surface area (Å²) in [6, 6.07) is 1.67. The number of piperidine rings is 1. The molecular weight excluding hydrogens is 256 g/mol. The van der Waals surface area contributed by atoms with Crippen LogP contribution in [-0.2, 0) is 4.79 Å². The molecule has 7 nitrogen and oxygen atoms in total. The molecule has 0 bridgehead atoms. The third kappa shape index (κ3) is 3.09. The highest BCUT2D eigenvalue weighted by atomic mass is 16.2. The minimum absolute atomic E-state index is 0.0203. The van der Waals surface area contributed by atoms with E-state index < -0.39 is 0 Å². The van der Waals surface area contributed by atoms with E-state index in [9.17, 15) is 4.79 Å². The predicted octanol–water partition coefficient (Wildman–Crippen LogP) is 0.596. The molecule has 110 valence electrons. The van der Waals surface area contributed by atoms with Gasteiger partial charge in [-0.3, -0.25) is 4.79 Å². The summed E-state index contributed by atoms with van der Waals surface area (Å²) in [5.74, 6) is 1.64. The van der Waals surface area contributed by atoms with Crippen LogP contribution in [-0.4, -0.2) is 42.1 Å². The Bertz CT molecular complexity index is 478. The third-order valence-electron chi connectivity index (χ3n) is 3.43. The fraction of sp³-hybridized carbons (Fsp3) is 0.615. The Morgan fingerprint density at radius 1 is 1.50 bits per heavy atom. The van der Waals surface area contributed by atoms with E-state index in [0.29, 0.717) is 11.6 Å². The number of hydrogen-bond donors (Lipinski definition) is 3. The first kappa shape index (κ1) is 14.4. The second kappa shape index (κ2) is 6.40. The van der Waals surface area contributed by atoms with Gasteiger partial charge < -0.3 is 21.3 Å². The fourth-order valence-electron chi connectivity index (χ4n) is 2.52. The molecule has 1 atom stereocenters. The standard InChI is InChI=1S/C13H22N6O/c1-3-16-10-8-11(18-13(14)17-10)19-7-5-4-6-9(19)12(20)15-2/h8-9H,3-7H2,1-2H3,(H,15,20)(H3,14,16,17,18). The maximum atomic E-state index is 12.0. The minimum atomic E-state index is -0.183. The molecule has 1 aliphatic rings. The maximum Gasteiger partial charge on any atom is 0.242 e. The van der Waals surface area contributed by atoms with E-state index >= 15 is 0 Å². The second-order valence-electron chi connectivity index (χ2n) is 4.82. The number of aromatic nitrogens is 2. The predicted molar refractivity (Wildman–Crippen MR) is 79.7 cm³/mol. The Morgan fingerprint density at radius 3 is 3.00 bits per heavy atom. The lowest BCUT2D eigenvalue weighted by Crippen LogP contribution is -2.49. The van der Waals surface area contributed by atoms with Crippen molar-refractivity contribution in [1.29, 1.82) is 0 Å². The topological polar surface area (TPSA) is 96.2 Å². The van der Waals surface area contributed by atoms with Gasteiger partial charge in [0.2, 0.25) is 11.9 Å². The van der Waals surface area contributed by atoms with Crippen LogP contribution in [0.15, 0.2) is 6.07 Å². The number of likely N-dealkylation sites (N-methyl/N-ethyl adjacent to an activating group) is 1. The molecule has 1 aromatic heterocycles. The van der Waals surface area contributed by atoms with E-state index in [1.807, 2.05) is 17.9 Å². The van der Waals surface area contributed by atoms with Gasteiger partial charge in [0.15, 0.2) is 0 Å². The smallest absolute Gasteiger partial charge is 0.242 e. The Labute approximate surface area is 119 Å². The number of nitrogens with two attached hydrogens (primary N) is 1. The van der Waals surface area contributed by atoms with Crippen LogP contribution in [0.1, 0.15) is 26.2 Å². The summed E-state index contributed by atoms with van der Waals surface area (Å²) >= 11 is 0. The average Bonchev–Trinajstić information content (AvgIpc) is 2.46. The number of amides is 1. The first-order valence-electron chi connectivity index (χ1n) is 7.02. The van der Waals surface area contributed by atoms with Gasteiger partial charge in [0.05, 0.1) is 0 Å². The largest absolute Gasteiger partial charge is 0.370 e. The van der Waals surface area contributed by atoms with E-state index in [1.54, 1.807) is 7.05 Å². The second-order valence-corrected chi connectivity index (χ2v) is 4.82. The van der Waals surface area contributed by atoms with Crippen LogP contribution in [0.4, 0.5) is 17.6 Å². The summed E-state index contributed by atoms with van der Waals surface area (Å²) in [6.45, 7) is 3.56. The number of rotatable bonds is 4. The van der Waals surface area contributed by atoms with E-state index in [2.05, 4.69) is 20.6 Å². The van der Waals surface area contributed by atoms with Gasteiger partial charge in [-0.1, -0.05) is 0 Å². The van der Waals surface area contributed by atoms with Crippen molar-refractivity contribution < 1.29 is 4.79 Å². The van der Waals surface area contributed by atoms with E-state index in [4.69, 9.17) is 5.73 Å². The van der Waals surface area contributed by atoms with Gasteiger partial charge in [-0.2, -0.15) is 9.97 Å². The summed E-state index contributed by atoms with van der Waals surface area (Å²) in [5, 5.41) is 5.85. The Morgan fingerprint density at radius 2 is 2.30 bits per heavy atom. The van der Waals surface area contributed by atoms with Gasteiger partial charge in [0.25, 0.3) is 0 Å². The van der Waals surface area contributed by atoms with Gasteiger partial charge in [-0.05, 0) is 26.2 Å². The molecule has 0 radical (unpaired) electrons. The highest BCUT2D eigenvalue weighted by Gasteiger charge is 2.29. The van der Waals surface area contributed by atoms with Crippen LogP contribution < -0.4 is 21.3 Å². The summed E-state index contributed by atoms with van der Waals surface area (Å²) < 4.78 is 0. The quantitative estimate of drug-likeness (QED) is 0.746. The maximum absolute atomic E-state index is 12.0. The zero-order valence-corrected chi connectivity index (χ0v) is 12.0. The third-order valence-corrected chi connectivity index (χ3v) is 3.43. The minimum Gasteiger partial charge on any atom is -0.370 e. The first-order chi connectivity index (χ1) is 9.65. The van der Waals surface area contributed by atoms with Crippen molar-refractivity contribution in [2.24, 2.45) is 0 Å². The van der Waals surface area contributed by atoms with Gasteiger partial charge in [-0.25, -0.2) is 0 Å². The van der Waals surface area contributed by atoms with Crippen LogP contribution in [0, 0.1) is 0 Å². The molecule has 2 heterocycles. The first-order valence-corrected chi connectivity index (χ1v) is 7.02. The number of nitrogens with zero attached hydrogens (tertiary/aromatic N) is 3. The molecule has 2 rings (SSSR count). The van der Waals surface area contributed by atoms with Gasteiger partial charge in [0, 0.05) is 26.2 Å². The molecule has 1 fully saturated rings. The zero-order valence-electron chi connectivity index (χ0n) is 12.0. The van der Waals surface area contributed by atoms with Crippen molar-refractivity contribution in [3.63, 3.8) is 0 Å². The van der Waals surface area contributed by atoms with Crippen LogP contribution in [0.5, 0.6) is 0 Å². The molecule has 1 aromatic rings. The summed E-state index contributed by atoms with van der Waals surface area (Å²) in [5.41, 5.74) is 5.76. The number of nitrogens with one attached hydrogen (secondary N) is 2. The molecule has 20 heavy (non-hydrogen) atoms. The lowest BCUT2D eigenvalue weighted by molar-refractivity contribution is -0.122. The average molecular weight is 278 g/mol. The van der Waals surface area contributed by atoms with Crippen molar-refractivity contribution in [1.82, 2.24) is 15.3 Å². The molecule has 0 aliphatic carbocycles. The van der Waals surface area contributed by atoms with Crippen LogP contribution in [0.3, 0.4) is 0 Å². The zero-order chi connectivity index (χ0) is 14.5. The normalized spacial score (nSPS) is 18.7. The van der Waals surface area contributed by atoms with Gasteiger partial charge in [-0.15, -0.1) is 0 Å².